The van der Waals surface area contributed by atoms with Crippen LogP contribution in [-0.2, 0) is 19.1 Å². The maximum Gasteiger partial charge on any atom is 0.306 e. The Hall–Kier alpha value is -1.06. The minimum Gasteiger partial charge on any atom is -0.466 e. The average molecular weight is 286 g/mol. The number of hydrogen-bond acceptors (Lipinski definition) is 4. The molecule has 0 fully saturated rings. The Bertz CT molecular complexity index is 261. The molecule has 0 aromatic rings. The number of esters is 2. The van der Waals surface area contributed by atoms with E-state index in [4.69, 9.17) is 9.47 Å². The van der Waals surface area contributed by atoms with Gasteiger partial charge in [0.2, 0.25) is 0 Å². The lowest BCUT2D eigenvalue weighted by Crippen LogP contribution is -2.14. The number of ether oxygens (including phenoxy) is 2. The molecule has 0 spiro atoms. The fraction of sp³-hybridized carbons (Fsp3) is 0.875. The van der Waals surface area contributed by atoms with Crippen LogP contribution < -0.4 is 0 Å². The van der Waals surface area contributed by atoms with Gasteiger partial charge in [0.05, 0.1) is 25.6 Å². The largest absolute Gasteiger partial charge is 0.466 e. The summed E-state index contributed by atoms with van der Waals surface area (Å²) in [5.41, 5.74) is 0. The molecule has 0 rings (SSSR count). The standard InChI is InChI=1S/C16H30O4/c1-4-5-6-7-8-9-10-13-19-15(17)11-12-16(18)20-14(2)3/h14H,4-13H2,1-3H3. The molecule has 118 valence electrons. The van der Waals surface area contributed by atoms with E-state index in [1.54, 1.807) is 13.8 Å². The normalized spacial score (nSPS) is 10.6. The van der Waals surface area contributed by atoms with Crippen LogP contribution in [0.5, 0.6) is 0 Å². The fourth-order valence-electron chi connectivity index (χ4n) is 1.84. The molecule has 4 nitrogen and oxygen atoms in total. The number of unbranched alkanes of at least 4 members (excludes halogenated alkanes) is 6. The van der Waals surface area contributed by atoms with E-state index in [9.17, 15) is 9.59 Å². The van der Waals surface area contributed by atoms with E-state index in [2.05, 4.69) is 6.92 Å². The van der Waals surface area contributed by atoms with Gasteiger partial charge in [-0.25, -0.2) is 0 Å². The van der Waals surface area contributed by atoms with Crippen molar-refractivity contribution in [1.82, 2.24) is 0 Å². The monoisotopic (exact) mass is 286 g/mol. The summed E-state index contributed by atoms with van der Waals surface area (Å²) < 4.78 is 10.0. The summed E-state index contributed by atoms with van der Waals surface area (Å²) in [6.07, 6.45) is 8.44. The molecule has 0 saturated carbocycles. The molecule has 0 bridgehead atoms. The molecule has 0 radical (unpaired) electrons. The lowest BCUT2D eigenvalue weighted by molar-refractivity contribution is -0.152. The molecule has 0 N–H and O–H groups in total. The van der Waals surface area contributed by atoms with Gasteiger partial charge >= 0.3 is 11.9 Å². The second-order valence-corrected chi connectivity index (χ2v) is 5.38. The highest BCUT2D eigenvalue weighted by atomic mass is 16.5. The zero-order valence-corrected chi connectivity index (χ0v) is 13.3. The molecule has 0 aromatic heterocycles. The summed E-state index contributed by atoms with van der Waals surface area (Å²) in [4.78, 5) is 22.6. The van der Waals surface area contributed by atoms with Gasteiger partial charge in [0.15, 0.2) is 0 Å². The average Bonchev–Trinajstić information content (AvgIpc) is 2.38. The number of rotatable bonds is 12. The van der Waals surface area contributed by atoms with Gasteiger partial charge in [0, 0.05) is 0 Å². The quantitative estimate of drug-likeness (QED) is 0.402. The van der Waals surface area contributed by atoms with Crippen LogP contribution in [0.25, 0.3) is 0 Å². The van der Waals surface area contributed by atoms with Crippen molar-refractivity contribution in [3.05, 3.63) is 0 Å². The SMILES string of the molecule is CCCCCCCCCOC(=O)CCC(=O)OC(C)C. The second kappa shape index (κ2) is 12.9. The summed E-state index contributed by atoms with van der Waals surface area (Å²) in [5, 5.41) is 0. The summed E-state index contributed by atoms with van der Waals surface area (Å²) in [7, 11) is 0. The highest BCUT2D eigenvalue weighted by Gasteiger charge is 2.10. The molecule has 0 saturated heterocycles. The first-order chi connectivity index (χ1) is 9.56. The molecular formula is C16H30O4. The smallest absolute Gasteiger partial charge is 0.306 e. The Kier molecular flexibility index (Phi) is 12.3. The summed E-state index contributed by atoms with van der Waals surface area (Å²) in [6.45, 7) is 6.25. The maximum atomic E-state index is 11.4. The molecule has 0 aliphatic rings. The van der Waals surface area contributed by atoms with Crippen molar-refractivity contribution in [3.63, 3.8) is 0 Å². The Labute approximate surface area is 123 Å². The summed E-state index contributed by atoms with van der Waals surface area (Å²) in [5.74, 6) is -0.649. The van der Waals surface area contributed by atoms with E-state index in [-0.39, 0.29) is 30.9 Å². The Morgan fingerprint density at radius 1 is 0.850 bits per heavy atom. The van der Waals surface area contributed by atoms with Gasteiger partial charge < -0.3 is 9.47 Å². The lowest BCUT2D eigenvalue weighted by Gasteiger charge is -2.08. The van der Waals surface area contributed by atoms with Gasteiger partial charge in [0.1, 0.15) is 0 Å². The zero-order chi connectivity index (χ0) is 15.2. The van der Waals surface area contributed by atoms with Gasteiger partial charge in [-0.1, -0.05) is 45.4 Å². The first-order valence-corrected chi connectivity index (χ1v) is 7.91. The van der Waals surface area contributed by atoms with E-state index < -0.39 is 0 Å². The minimum atomic E-state index is -0.340. The van der Waals surface area contributed by atoms with Crippen molar-refractivity contribution in [2.45, 2.75) is 84.7 Å². The van der Waals surface area contributed by atoms with Gasteiger partial charge in [-0.3, -0.25) is 9.59 Å². The van der Waals surface area contributed by atoms with Crippen LogP contribution in [0.2, 0.25) is 0 Å². The lowest BCUT2D eigenvalue weighted by atomic mass is 10.1. The van der Waals surface area contributed by atoms with E-state index in [0.717, 1.165) is 12.8 Å². The molecule has 4 heteroatoms. The third kappa shape index (κ3) is 13.4. The molecule has 0 unspecified atom stereocenters. The molecular weight excluding hydrogens is 256 g/mol. The van der Waals surface area contributed by atoms with Crippen molar-refractivity contribution in [2.24, 2.45) is 0 Å². The zero-order valence-electron chi connectivity index (χ0n) is 13.3. The molecule has 0 aliphatic carbocycles. The Morgan fingerprint density at radius 2 is 1.40 bits per heavy atom. The van der Waals surface area contributed by atoms with E-state index in [1.165, 1.54) is 32.1 Å². The highest BCUT2D eigenvalue weighted by Crippen LogP contribution is 2.07. The highest BCUT2D eigenvalue weighted by molar-refractivity contribution is 5.77. The van der Waals surface area contributed by atoms with Crippen molar-refractivity contribution < 1.29 is 19.1 Å². The van der Waals surface area contributed by atoms with Crippen LogP contribution in [0.3, 0.4) is 0 Å². The van der Waals surface area contributed by atoms with E-state index >= 15 is 0 Å². The molecule has 20 heavy (non-hydrogen) atoms. The van der Waals surface area contributed by atoms with Gasteiger partial charge in [-0.2, -0.15) is 0 Å². The summed E-state index contributed by atoms with van der Waals surface area (Å²) in [6, 6.07) is 0. The molecule has 0 heterocycles. The topological polar surface area (TPSA) is 52.6 Å². The van der Waals surface area contributed by atoms with Crippen LogP contribution in [0.4, 0.5) is 0 Å². The summed E-state index contributed by atoms with van der Waals surface area (Å²) >= 11 is 0. The minimum absolute atomic E-state index is 0.105. The third-order valence-corrected chi connectivity index (χ3v) is 2.91. The number of hydrogen-bond donors (Lipinski definition) is 0. The predicted octanol–water partition coefficient (Wildman–Crippen LogP) is 4.01. The first-order valence-electron chi connectivity index (χ1n) is 7.91. The van der Waals surface area contributed by atoms with Crippen LogP contribution >= 0.6 is 0 Å². The van der Waals surface area contributed by atoms with Crippen LogP contribution in [0, 0.1) is 0 Å². The number of carbonyl (C=O) groups excluding carboxylic acids is 2. The first kappa shape index (κ1) is 18.9. The van der Waals surface area contributed by atoms with Crippen molar-refractivity contribution in [1.29, 1.82) is 0 Å². The molecule has 0 aromatic carbocycles. The van der Waals surface area contributed by atoms with Crippen LogP contribution in [-0.4, -0.2) is 24.6 Å². The van der Waals surface area contributed by atoms with E-state index in [0.29, 0.717) is 6.61 Å². The van der Waals surface area contributed by atoms with Gasteiger partial charge in [-0.15, -0.1) is 0 Å². The predicted molar refractivity (Wildman–Crippen MR) is 79.4 cm³/mol. The van der Waals surface area contributed by atoms with Crippen molar-refractivity contribution >= 4 is 11.9 Å². The number of carbonyl (C=O) groups is 2. The van der Waals surface area contributed by atoms with Crippen molar-refractivity contribution in [3.8, 4) is 0 Å². The molecule has 0 atom stereocenters. The molecule has 0 amide bonds. The maximum absolute atomic E-state index is 11.4. The second-order valence-electron chi connectivity index (χ2n) is 5.38. The Morgan fingerprint density at radius 3 is 2.00 bits per heavy atom. The fourth-order valence-corrected chi connectivity index (χ4v) is 1.84. The van der Waals surface area contributed by atoms with Gasteiger partial charge in [0.25, 0.3) is 0 Å². The third-order valence-electron chi connectivity index (χ3n) is 2.91. The molecule has 0 aliphatic heterocycles. The Balaban J connectivity index is 3.34. The van der Waals surface area contributed by atoms with E-state index in [1.807, 2.05) is 0 Å². The van der Waals surface area contributed by atoms with Crippen molar-refractivity contribution in [2.75, 3.05) is 6.61 Å². The van der Waals surface area contributed by atoms with Crippen LogP contribution in [0.1, 0.15) is 78.6 Å². The van der Waals surface area contributed by atoms with Crippen LogP contribution in [0.15, 0.2) is 0 Å². The van der Waals surface area contributed by atoms with Gasteiger partial charge in [-0.05, 0) is 20.3 Å².